The van der Waals surface area contributed by atoms with E-state index >= 15 is 0 Å². The number of nitrogens with zero attached hydrogens (tertiary/aromatic N) is 2. The smallest absolute Gasteiger partial charge is 0.434 e. The number of aromatic hydroxyl groups is 1. The van der Waals surface area contributed by atoms with Crippen LogP contribution in [0.3, 0.4) is 0 Å². The van der Waals surface area contributed by atoms with Gasteiger partial charge in [-0.05, 0) is 47.5 Å². The first kappa shape index (κ1) is 23.8. The van der Waals surface area contributed by atoms with Crippen LogP contribution in [0, 0.1) is 0 Å². The molecule has 34 heavy (non-hydrogen) atoms. The Kier molecular flexibility index (Phi) is 6.67. The quantitative estimate of drug-likeness (QED) is 0.277. The Balaban J connectivity index is 1.76. The van der Waals surface area contributed by atoms with Crippen LogP contribution in [-0.2, 0) is 12.8 Å². The van der Waals surface area contributed by atoms with Gasteiger partial charge in [0.25, 0.3) is 0 Å². The van der Waals surface area contributed by atoms with E-state index in [1.54, 1.807) is 0 Å². The van der Waals surface area contributed by atoms with Gasteiger partial charge in [0.1, 0.15) is 18.1 Å². The minimum atomic E-state index is -4.82. The molecule has 4 aromatic rings. The zero-order valence-electron chi connectivity index (χ0n) is 17.3. The van der Waals surface area contributed by atoms with Crippen molar-refractivity contribution in [1.29, 1.82) is 0 Å². The van der Waals surface area contributed by atoms with Crippen molar-refractivity contribution in [2.75, 3.05) is 5.73 Å². The lowest BCUT2D eigenvalue weighted by Gasteiger charge is -2.17. The fourth-order valence-electron chi connectivity index (χ4n) is 3.32. The Bertz CT molecular complexity index is 1330. The summed E-state index contributed by atoms with van der Waals surface area (Å²) in [4.78, 5) is 7.48. The summed E-state index contributed by atoms with van der Waals surface area (Å²) in [6.07, 6.45) is -4.82. The third-order valence-electron chi connectivity index (χ3n) is 4.87. The number of benzene rings is 3. The first-order valence-corrected chi connectivity index (χ1v) is 11.0. The van der Waals surface area contributed by atoms with Crippen molar-refractivity contribution >= 4 is 33.5 Å². The minimum absolute atomic E-state index is 0.0422. The summed E-state index contributed by atoms with van der Waals surface area (Å²) in [5, 5.41) is 11.0. The molecule has 10 heteroatoms. The Hall–Kier alpha value is -3.30. The Morgan fingerprint density at radius 3 is 2.26 bits per heavy atom. The molecular formula is C24H16BrClF3N3O2. The fourth-order valence-corrected chi connectivity index (χ4v) is 3.71. The molecule has 4 rings (SSSR count). The van der Waals surface area contributed by atoms with E-state index in [1.165, 1.54) is 42.5 Å². The number of ether oxygens (including phenoxy) is 1. The van der Waals surface area contributed by atoms with Crippen LogP contribution in [0.5, 0.6) is 11.5 Å². The number of nitrogens with two attached hydrogens (primary N) is 1. The van der Waals surface area contributed by atoms with Crippen molar-refractivity contribution in [3.63, 3.8) is 0 Å². The first-order chi connectivity index (χ1) is 16.1. The summed E-state index contributed by atoms with van der Waals surface area (Å²) in [6, 6.07) is 17.5. The summed E-state index contributed by atoms with van der Waals surface area (Å²) < 4.78 is 48.3. The van der Waals surface area contributed by atoms with Gasteiger partial charge in [0.2, 0.25) is 5.95 Å². The molecule has 0 amide bonds. The van der Waals surface area contributed by atoms with Crippen molar-refractivity contribution in [2.24, 2.45) is 0 Å². The van der Waals surface area contributed by atoms with Crippen LogP contribution < -0.4 is 10.5 Å². The lowest BCUT2D eigenvalue weighted by molar-refractivity contribution is -0.140. The molecule has 0 unspecified atom stereocenters. The predicted molar refractivity (Wildman–Crippen MR) is 127 cm³/mol. The van der Waals surface area contributed by atoms with Crippen LogP contribution in [0.2, 0.25) is 5.02 Å². The maximum Gasteiger partial charge on any atom is 0.434 e. The van der Waals surface area contributed by atoms with Gasteiger partial charge in [0, 0.05) is 26.7 Å². The SMILES string of the molecule is Nc1nc(-c2ccc(OCc3ccc(Br)cc3)cc2O)c(-c2ccc(Cl)cc2)c(C(F)(F)F)n1. The molecule has 0 saturated carbocycles. The highest BCUT2D eigenvalue weighted by Crippen LogP contribution is 2.44. The minimum Gasteiger partial charge on any atom is -0.507 e. The molecule has 0 bridgehead atoms. The van der Waals surface area contributed by atoms with Gasteiger partial charge in [-0.1, -0.05) is 51.8 Å². The van der Waals surface area contributed by atoms with Gasteiger partial charge in [0.15, 0.2) is 5.69 Å². The molecular weight excluding hydrogens is 535 g/mol. The van der Waals surface area contributed by atoms with Crippen LogP contribution in [0.15, 0.2) is 71.2 Å². The second-order valence-electron chi connectivity index (χ2n) is 7.25. The van der Waals surface area contributed by atoms with Crippen LogP contribution in [0.4, 0.5) is 19.1 Å². The maximum atomic E-state index is 13.9. The van der Waals surface area contributed by atoms with Gasteiger partial charge in [-0.15, -0.1) is 0 Å². The van der Waals surface area contributed by atoms with Gasteiger partial charge >= 0.3 is 6.18 Å². The van der Waals surface area contributed by atoms with Crippen molar-refractivity contribution in [3.05, 3.63) is 87.5 Å². The van der Waals surface area contributed by atoms with E-state index in [0.717, 1.165) is 10.0 Å². The molecule has 174 valence electrons. The summed E-state index contributed by atoms with van der Waals surface area (Å²) in [7, 11) is 0. The third kappa shape index (κ3) is 5.26. The Labute approximate surface area is 206 Å². The largest absolute Gasteiger partial charge is 0.507 e. The normalized spacial score (nSPS) is 11.4. The lowest BCUT2D eigenvalue weighted by atomic mass is 9.96. The number of halogens is 5. The predicted octanol–water partition coefficient (Wildman–Crippen LogP) is 7.11. The molecule has 0 radical (unpaired) electrons. The van der Waals surface area contributed by atoms with Gasteiger partial charge in [-0.3, -0.25) is 0 Å². The molecule has 0 atom stereocenters. The van der Waals surface area contributed by atoms with Crippen molar-refractivity contribution in [1.82, 2.24) is 9.97 Å². The maximum absolute atomic E-state index is 13.9. The second kappa shape index (κ2) is 9.52. The summed E-state index contributed by atoms with van der Waals surface area (Å²) in [6.45, 7) is 0.237. The Morgan fingerprint density at radius 2 is 1.65 bits per heavy atom. The summed E-state index contributed by atoms with van der Waals surface area (Å²) >= 11 is 9.26. The zero-order chi connectivity index (χ0) is 24.5. The van der Waals surface area contributed by atoms with Crippen LogP contribution in [-0.4, -0.2) is 15.1 Å². The number of hydrogen-bond acceptors (Lipinski definition) is 5. The molecule has 0 aliphatic rings. The molecule has 1 heterocycles. The number of hydrogen-bond donors (Lipinski definition) is 2. The summed E-state index contributed by atoms with van der Waals surface area (Å²) in [5.74, 6) is -0.569. The van der Waals surface area contributed by atoms with E-state index < -0.39 is 17.8 Å². The molecule has 0 fully saturated rings. The summed E-state index contributed by atoms with van der Waals surface area (Å²) in [5.41, 5.74) is 5.02. The highest BCUT2D eigenvalue weighted by Gasteiger charge is 2.38. The van der Waals surface area contributed by atoms with E-state index in [0.29, 0.717) is 10.8 Å². The number of aromatic nitrogens is 2. The monoisotopic (exact) mass is 549 g/mol. The van der Waals surface area contributed by atoms with E-state index in [9.17, 15) is 18.3 Å². The van der Waals surface area contributed by atoms with Gasteiger partial charge < -0.3 is 15.6 Å². The number of anilines is 1. The van der Waals surface area contributed by atoms with Crippen molar-refractivity contribution < 1.29 is 23.0 Å². The number of phenolic OH excluding ortho intramolecular Hbond substituents is 1. The number of rotatable bonds is 5. The van der Waals surface area contributed by atoms with E-state index in [1.807, 2.05) is 24.3 Å². The topological polar surface area (TPSA) is 81.3 Å². The number of phenols is 1. The molecule has 0 spiro atoms. The average molecular weight is 551 g/mol. The van der Waals surface area contributed by atoms with Gasteiger partial charge in [-0.2, -0.15) is 13.2 Å². The van der Waals surface area contributed by atoms with Crippen molar-refractivity contribution in [3.8, 4) is 33.9 Å². The number of nitrogen functional groups attached to an aromatic ring is 1. The first-order valence-electron chi connectivity index (χ1n) is 9.83. The van der Waals surface area contributed by atoms with Crippen LogP contribution in [0.1, 0.15) is 11.3 Å². The van der Waals surface area contributed by atoms with Crippen molar-refractivity contribution in [2.45, 2.75) is 12.8 Å². The molecule has 3 N–H and O–H groups in total. The van der Waals surface area contributed by atoms with E-state index in [-0.39, 0.29) is 34.7 Å². The lowest BCUT2D eigenvalue weighted by Crippen LogP contribution is -2.14. The number of alkyl halides is 3. The standard InChI is InChI=1S/C24H16BrClF3N3O2/c25-15-5-1-13(2-6-15)12-34-17-9-10-18(19(33)11-17)21-20(14-3-7-16(26)8-4-14)22(24(27,28)29)32-23(30)31-21/h1-11,33H,12H2,(H2,30,31,32). The zero-order valence-corrected chi connectivity index (χ0v) is 19.6. The highest BCUT2D eigenvalue weighted by atomic mass is 79.9. The molecule has 5 nitrogen and oxygen atoms in total. The van der Waals surface area contributed by atoms with E-state index in [2.05, 4.69) is 25.9 Å². The van der Waals surface area contributed by atoms with Crippen LogP contribution >= 0.6 is 27.5 Å². The Morgan fingerprint density at radius 1 is 0.971 bits per heavy atom. The molecule has 0 aliphatic heterocycles. The second-order valence-corrected chi connectivity index (χ2v) is 8.60. The molecule has 0 aliphatic carbocycles. The van der Waals surface area contributed by atoms with Crippen LogP contribution in [0.25, 0.3) is 22.4 Å². The average Bonchev–Trinajstić information content (AvgIpc) is 2.78. The third-order valence-corrected chi connectivity index (χ3v) is 5.65. The molecule has 1 aromatic heterocycles. The highest BCUT2D eigenvalue weighted by molar-refractivity contribution is 9.10. The molecule has 3 aromatic carbocycles. The van der Waals surface area contributed by atoms with Gasteiger partial charge in [0.05, 0.1) is 5.69 Å². The van der Waals surface area contributed by atoms with Gasteiger partial charge in [-0.25, -0.2) is 9.97 Å². The van der Waals surface area contributed by atoms with E-state index in [4.69, 9.17) is 22.1 Å². The molecule has 0 saturated heterocycles. The fraction of sp³-hybridized carbons (Fsp3) is 0.0833.